The monoisotopic (exact) mass is 295 g/mol. The third kappa shape index (κ3) is 3.14. The number of rotatable bonds is 3. The Labute approximate surface area is 131 Å². The standard InChI is InChI=1S/C19H21NO2/c1-22-18-11-9-16(10-12-18)19(21)20-13-5-8-17(14-20)15-6-3-2-4-7-15/h2-4,6-7,9-12,17H,5,8,13-14H2,1H3/t17-/m1/s1. The van der Waals surface area contributed by atoms with Gasteiger partial charge in [0.05, 0.1) is 7.11 Å². The molecule has 1 heterocycles. The van der Waals surface area contributed by atoms with Crippen LogP contribution in [0.1, 0.15) is 34.7 Å². The number of ether oxygens (including phenoxy) is 1. The van der Waals surface area contributed by atoms with Crippen molar-refractivity contribution in [3.63, 3.8) is 0 Å². The molecule has 0 bridgehead atoms. The molecule has 2 aromatic rings. The lowest BCUT2D eigenvalue weighted by atomic mass is 9.90. The highest BCUT2D eigenvalue weighted by Crippen LogP contribution is 2.27. The van der Waals surface area contributed by atoms with Crippen molar-refractivity contribution in [1.82, 2.24) is 4.90 Å². The van der Waals surface area contributed by atoms with Crippen molar-refractivity contribution in [2.75, 3.05) is 20.2 Å². The Balaban J connectivity index is 1.72. The van der Waals surface area contributed by atoms with Gasteiger partial charge >= 0.3 is 0 Å². The van der Waals surface area contributed by atoms with Crippen molar-refractivity contribution in [2.45, 2.75) is 18.8 Å². The van der Waals surface area contributed by atoms with Gasteiger partial charge in [-0.3, -0.25) is 4.79 Å². The van der Waals surface area contributed by atoms with Gasteiger partial charge in [0.15, 0.2) is 0 Å². The number of carbonyl (C=O) groups is 1. The molecule has 1 aliphatic heterocycles. The van der Waals surface area contributed by atoms with Gasteiger partial charge in [0.25, 0.3) is 5.91 Å². The largest absolute Gasteiger partial charge is 0.497 e. The molecular weight excluding hydrogens is 274 g/mol. The van der Waals surface area contributed by atoms with Gasteiger partial charge < -0.3 is 9.64 Å². The Morgan fingerprint density at radius 1 is 1.09 bits per heavy atom. The predicted molar refractivity (Wildman–Crippen MR) is 87.3 cm³/mol. The average Bonchev–Trinajstić information content (AvgIpc) is 2.62. The lowest BCUT2D eigenvalue weighted by Crippen LogP contribution is -2.39. The third-order valence-corrected chi connectivity index (χ3v) is 4.32. The summed E-state index contributed by atoms with van der Waals surface area (Å²) in [7, 11) is 1.63. The molecule has 22 heavy (non-hydrogen) atoms. The quantitative estimate of drug-likeness (QED) is 0.864. The summed E-state index contributed by atoms with van der Waals surface area (Å²) in [6.45, 7) is 1.64. The molecule has 0 radical (unpaired) electrons. The molecule has 1 aliphatic rings. The fourth-order valence-electron chi connectivity index (χ4n) is 3.08. The molecule has 1 amide bonds. The number of benzene rings is 2. The molecule has 0 spiro atoms. The van der Waals surface area contributed by atoms with Crippen LogP contribution in [-0.4, -0.2) is 31.0 Å². The molecular formula is C19H21NO2. The van der Waals surface area contributed by atoms with Crippen molar-refractivity contribution in [3.05, 3.63) is 65.7 Å². The highest BCUT2D eigenvalue weighted by Gasteiger charge is 2.25. The van der Waals surface area contributed by atoms with Gasteiger partial charge in [-0.1, -0.05) is 30.3 Å². The first kappa shape index (κ1) is 14.6. The summed E-state index contributed by atoms with van der Waals surface area (Å²) < 4.78 is 5.14. The van der Waals surface area contributed by atoms with Crippen LogP contribution in [0, 0.1) is 0 Å². The molecule has 0 aliphatic carbocycles. The van der Waals surface area contributed by atoms with E-state index in [1.165, 1.54) is 5.56 Å². The molecule has 1 fully saturated rings. The SMILES string of the molecule is COc1ccc(C(=O)N2CCC[C@@H](c3ccccc3)C2)cc1. The van der Waals surface area contributed by atoms with E-state index in [4.69, 9.17) is 4.74 Å². The van der Waals surface area contributed by atoms with Crippen molar-refractivity contribution in [1.29, 1.82) is 0 Å². The van der Waals surface area contributed by atoms with Gasteiger partial charge in [0.2, 0.25) is 0 Å². The molecule has 3 nitrogen and oxygen atoms in total. The van der Waals surface area contributed by atoms with Gasteiger partial charge in [-0.25, -0.2) is 0 Å². The molecule has 0 saturated carbocycles. The first-order valence-electron chi connectivity index (χ1n) is 7.76. The normalized spacial score (nSPS) is 18.0. The Morgan fingerprint density at radius 2 is 1.82 bits per heavy atom. The molecule has 0 aromatic heterocycles. The fourth-order valence-corrected chi connectivity index (χ4v) is 3.08. The smallest absolute Gasteiger partial charge is 0.253 e. The van der Waals surface area contributed by atoms with Crippen molar-refractivity contribution < 1.29 is 9.53 Å². The summed E-state index contributed by atoms with van der Waals surface area (Å²) in [6.07, 6.45) is 2.21. The van der Waals surface area contributed by atoms with E-state index >= 15 is 0 Å². The zero-order chi connectivity index (χ0) is 15.4. The summed E-state index contributed by atoms with van der Waals surface area (Å²) in [5, 5.41) is 0. The summed E-state index contributed by atoms with van der Waals surface area (Å²) in [5.74, 6) is 1.33. The van der Waals surface area contributed by atoms with Gasteiger partial charge in [-0.15, -0.1) is 0 Å². The van der Waals surface area contributed by atoms with Gasteiger partial charge in [0.1, 0.15) is 5.75 Å². The van der Waals surface area contributed by atoms with Gasteiger partial charge in [-0.05, 0) is 42.7 Å². The maximum Gasteiger partial charge on any atom is 0.253 e. The number of piperidine rings is 1. The lowest BCUT2D eigenvalue weighted by Gasteiger charge is -2.33. The number of amides is 1. The Kier molecular flexibility index (Phi) is 4.42. The maximum atomic E-state index is 12.7. The number of nitrogens with zero attached hydrogens (tertiary/aromatic N) is 1. The first-order chi connectivity index (χ1) is 10.8. The number of hydrogen-bond donors (Lipinski definition) is 0. The van der Waals surface area contributed by atoms with E-state index in [2.05, 4.69) is 24.3 Å². The van der Waals surface area contributed by atoms with Gasteiger partial charge in [0, 0.05) is 24.6 Å². The van der Waals surface area contributed by atoms with Crippen LogP contribution in [0.5, 0.6) is 5.75 Å². The maximum absolute atomic E-state index is 12.7. The van der Waals surface area contributed by atoms with E-state index in [0.29, 0.717) is 5.92 Å². The van der Waals surface area contributed by atoms with Crippen molar-refractivity contribution >= 4 is 5.91 Å². The van der Waals surface area contributed by atoms with E-state index in [1.54, 1.807) is 7.11 Å². The highest BCUT2D eigenvalue weighted by atomic mass is 16.5. The second kappa shape index (κ2) is 6.65. The predicted octanol–water partition coefficient (Wildman–Crippen LogP) is 3.72. The molecule has 3 heteroatoms. The van der Waals surface area contributed by atoms with Crippen molar-refractivity contribution in [3.8, 4) is 5.75 Å². The second-order valence-corrected chi connectivity index (χ2v) is 5.73. The number of carbonyl (C=O) groups excluding carboxylic acids is 1. The molecule has 3 rings (SSSR count). The van der Waals surface area contributed by atoms with Crippen LogP contribution in [0.2, 0.25) is 0 Å². The second-order valence-electron chi connectivity index (χ2n) is 5.73. The minimum Gasteiger partial charge on any atom is -0.497 e. The van der Waals surface area contributed by atoms with E-state index < -0.39 is 0 Å². The minimum atomic E-state index is 0.114. The third-order valence-electron chi connectivity index (χ3n) is 4.32. The van der Waals surface area contributed by atoms with Crippen LogP contribution in [0.25, 0.3) is 0 Å². The van der Waals surface area contributed by atoms with E-state index in [9.17, 15) is 4.79 Å². The van der Waals surface area contributed by atoms with Crippen LogP contribution in [0.4, 0.5) is 0 Å². The van der Waals surface area contributed by atoms with E-state index in [0.717, 1.165) is 37.2 Å². The average molecular weight is 295 g/mol. The van der Waals surface area contributed by atoms with Crippen LogP contribution in [0.15, 0.2) is 54.6 Å². The number of methoxy groups -OCH3 is 1. The zero-order valence-electron chi connectivity index (χ0n) is 12.9. The summed E-state index contributed by atoms with van der Waals surface area (Å²) in [4.78, 5) is 14.6. The number of likely N-dealkylation sites (tertiary alicyclic amines) is 1. The van der Waals surface area contributed by atoms with Crippen LogP contribution < -0.4 is 4.74 Å². The summed E-state index contributed by atoms with van der Waals surface area (Å²) >= 11 is 0. The molecule has 0 unspecified atom stereocenters. The molecule has 0 N–H and O–H groups in total. The van der Waals surface area contributed by atoms with Gasteiger partial charge in [-0.2, -0.15) is 0 Å². The Bertz CT molecular complexity index is 622. The molecule has 114 valence electrons. The first-order valence-corrected chi connectivity index (χ1v) is 7.76. The molecule has 1 saturated heterocycles. The van der Waals surface area contributed by atoms with Crippen LogP contribution >= 0.6 is 0 Å². The van der Waals surface area contributed by atoms with Crippen LogP contribution in [0.3, 0.4) is 0 Å². The van der Waals surface area contributed by atoms with Crippen molar-refractivity contribution in [2.24, 2.45) is 0 Å². The van der Waals surface area contributed by atoms with Crippen LogP contribution in [-0.2, 0) is 0 Å². The molecule has 1 atom stereocenters. The molecule has 2 aromatic carbocycles. The highest BCUT2D eigenvalue weighted by molar-refractivity contribution is 5.94. The van der Waals surface area contributed by atoms with E-state index in [1.807, 2.05) is 35.2 Å². The number of hydrogen-bond acceptors (Lipinski definition) is 2. The van der Waals surface area contributed by atoms with E-state index in [-0.39, 0.29) is 5.91 Å². The lowest BCUT2D eigenvalue weighted by molar-refractivity contribution is 0.0707. The fraction of sp³-hybridized carbons (Fsp3) is 0.316. The Morgan fingerprint density at radius 3 is 2.50 bits per heavy atom. The summed E-state index contributed by atoms with van der Waals surface area (Å²) in [5.41, 5.74) is 2.06. The Hall–Kier alpha value is -2.29. The minimum absolute atomic E-state index is 0.114. The zero-order valence-corrected chi connectivity index (χ0v) is 12.9. The topological polar surface area (TPSA) is 29.5 Å². The summed E-state index contributed by atoms with van der Waals surface area (Å²) in [6, 6.07) is 17.8.